The van der Waals surface area contributed by atoms with Gasteiger partial charge in [0.15, 0.2) is 0 Å². The van der Waals surface area contributed by atoms with E-state index in [1.165, 1.54) is 270 Å². The van der Waals surface area contributed by atoms with Crippen molar-refractivity contribution in [3.63, 3.8) is 0 Å². The molecule has 3 unspecified atom stereocenters. The molecule has 0 spiro atoms. The Bertz CT molecular complexity index is 1080. The van der Waals surface area contributed by atoms with E-state index in [0.29, 0.717) is 19.3 Å². The summed E-state index contributed by atoms with van der Waals surface area (Å²) in [6.07, 6.45) is 70.0. The smallest absolute Gasteiger partial charge is 0.306 e. The summed E-state index contributed by atoms with van der Waals surface area (Å²) >= 11 is 0. The van der Waals surface area contributed by atoms with Crippen LogP contribution in [0.25, 0.3) is 0 Å². The van der Waals surface area contributed by atoms with Crippen molar-refractivity contribution in [2.75, 3.05) is 6.61 Å². The van der Waals surface area contributed by atoms with Gasteiger partial charge in [-0.1, -0.05) is 315 Å². The van der Waals surface area contributed by atoms with Crippen LogP contribution in [0.15, 0.2) is 12.2 Å². The summed E-state index contributed by atoms with van der Waals surface area (Å²) in [6.45, 7) is 6.55. The Morgan fingerprint density at radius 1 is 0.394 bits per heavy atom. The van der Waals surface area contributed by atoms with E-state index in [1.54, 1.807) is 0 Å². The summed E-state index contributed by atoms with van der Waals surface area (Å²) in [6, 6.07) is -0.699. The Balaban J connectivity index is 4.49. The highest BCUT2D eigenvalue weighted by Gasteiger charge is 2.24. The molecule has 0 bridgehead atoms. The molecule has 0 aromatic heterocycles. The fraction of sp³-hybridized carbons (Fsp3) is 0.938. The summed E-state index contributed by atoms with van der Waals surface area (Å²) in [5, 5.41) is 24.0. The Morgan fingerprint density at radius 3 is 1.00 bits per heavy atom. The predicted molar refractivity (Wildman–Crippen MR) is 310 cm³/mol. The first kappa shape index (κ1) is 69.6. The number of aliphatic hydroxyl groups excluding tert-OH is 2. The molecule has 0 aromatic carbocycles. The molecule has 6 nitrogen and oxygen atoms in total. The minimum Gasteiger partial charge on any atom is -0.462 e. The molecule has 0 saturated carbocycles. The number of hydrogen-bond donors (Lipinski definition) is 3. The Kier molecular flexibility index (Phi) is 58.3. The van der Waals surface area contributed by atoms with E-state index in [0.717, 1.165) is 51.4 Å². The number of amides is 1. The van der Waals surface area contributed by atoms with Crippen molar-refractivity contribution in [1.29, 1.82) is 0 Å². The van der Waals surface area contributed by atoms with Gasteiger partial charge >= 0.3 is 5.97 Å². The van der Waals surface area contributed by atoms with Gasteiger partial charge in [0.25, 0.3) is 0 Å². The van der Waals surface area contributed by atoms with Gasteiger partial charge in [0.1, 0.15) is 6.10 Å². The first-order chi connectivity index (χ1) is 35.0. The number of nitrogens with one attached hydrogen (secondary N) is 1. The van der Waals surface area contributed by atoms with Crippen LogP contribution in [0.4, 0.5) is 0 Å². The van der Waals surface area contributed by atoms with Crippen LogP contribution in [-0.2, 0) is 14.3 Å². The molecule has 0 saturated heterocycles. The summed E-state index contributed by atoms with van der Waals surface area (Å²) in [7, 11) is 0. The van der Waals surface area contributed by atoms with Gasteiger partial charge in [0.2, 0.25) is 5.91 Å². The molecule has 0 aliphatic carbocycles. The van der Waals surface area contributed by atoms with Gasteiger partial charge in [-0.25, -0.2) is 0 Å². The molecular weight excluding hydrogens is 875 g/mol. The number of aliphatic hydroxyl groups is 2. The van der Waals surface area contributed by atoms with Crippen molar-refractivity contribution in [1.82, 2.24) is 5.32 Å². The van der Waals surface area contributed by atoms with Crippen LogP contribution in [0.5, 0.6) is 0 Å². The maximum absolute atomic E-state index is 13.3. The number of unbranched alkanes of at least 4 members (excludes halogenated alkanes) is 46. The van der Waals surface area contributed by atoms with E-state index in [-0.39, 0.29) is 24.9 Å². The summed E-state index contributed by atoms with van der Waals surface area (Å²) < 4.78 is 5.99. The van der Waals surface area contributed by atoms with Gasteiger partial charge in [-0.15, -0.1) is 0 Å². The van der Waals surface area contributed by atoms with Crippen LogP contribution in [0, 0.1) is 0 Å². The molecule has 3 atom stereocenters. The highest BCUT2D eigenvalue weighted by molar-refractivity contribution is 5.77. The maximum Gasteiger partial charge on any atom is 0.306 e. The number of hydrogen-bond acceptors (Lipinski definition) is 5. The zero-order valence-electron chi connectivity index (χ0n) is 48.4. The molecule has 71 heavy (non-hydrogen) atoms. The van der Waals surface area contributed by atoms with Gasteiger partial charge in [-0.2, -0.15) is 0 Å². The lowest BCUT2D eigenvalue weighted by Gasteiger charge is -2.24. The fourth-order valence-electron chi connectivity index (χ4n) is 10.4. The number of esters is 1. The van der Waals surface area contributed by atoms with E-state index < -0.39 is 18.2 Å². The maximum atomic E-state index is 13.3. The van der Waals surface area contributed by atoms with E-state index in [1.807, 2.05) is 0 Å². The predicted octanol–water partition coefficient (Wildman–Crippen LogP) is 20.4. The van der Waals surface area contributed by atoms with E-state index >= 15 is 0 Å². The molecule has 1 amide bonds. The van der Waals surface area contributed by atoms with Crippen molar-refractivity contribution < 1.29 is 24.5 Å². The van der Waals surface area contributed by atoms with Gasteiger partial charge in [0, 0.05) is 6.42 Å². The van der Waals surface area contributed by atoms with Crippen molar-refractivity contribution in [2.24, 2.45) is 0 Å². The molecular formula is C65H127NO5. The van der Waals surface area contributed by atoms with E-state index in [4.69, 9.17) is 4.74 Å². The summed E-state index contributed by atoms with van der Waals surface area (Å²) in [4.78, 5) is 26.4. The molecule has 0 fully saturated rings. The molecule has 6 heteroatoms. The van der Waals surface area contributed by atoms with Gasteiger partial charge in [-0.05, 0) is 51.4 Å². The van der Waals surface area contributed by atoms with Crippen LogP contribution in [0.2, 0.25) is 0 Å². The van der Waals surface area contributed by atoms with Gasteiger partial charge < -0.3 is 20.3 Å². The number of rotatable bonds is 60. The van der Waals surface area contributed by atoms with E-state index in [9.17, 15) is 19.8 Å². The molecule has 0 aromatic rings. The van der Waals surface area contributed by atoms with Crippen LogP contribution < -0.4 is 5.32 Å². The van der Waals surface area contributed by atoms with Crippen LogP contribution in [0.3, 0.4) is 0 Å². The molecule has 0 aliphatic rings. The minimum absolute atomic E-state index is 0.0829. The number of carbonyl (C=O) groups is 2. The average molecular weight is 1000 g/mol. The average Bonchev–Trinajstić information content (AvgIpc) is 3.36. The standard InChI is InChI=1S/C65H127NO5/c1-4-7-10-13-16-19-22-25-28-31-34-37-40-43-46-49-52-55-58-65(70)71-61(56-53-50-47-44-41-38-35-32-29-26-23-20-17-14-11-8-5-2)59-64(69)66-62(60-67)63(68)57-54-51-48-45-42-39-36-33-30-27-24-21-18-15-12-9-6-3/h34,37,61-63,67-68H,4-33,35-36,38-60H2,1-3H3,(H,66,69)/b37-34+. The second-order valence-corrected chi connectivity index (χ2v) is 22.5. The zero-order valence-corrected chi connectivity index (χ0v) is 48.4. The van der Waals surface area contributed by atoms with Crippen LogP contribution >= 0.6 is 0 Å². The first-order valence-corrected chi connectivity index (χ1v) is 32.4. The second kappa shape index (κ2) is 59.5. The second-order valence-electron chi connectivity index (χ2n) is 22.5. The van der Waals surface area contributed by atoms with Crippen LogP contribution in [0.1, 0.15) is 367 Å². The SMILES string of the molecule is CCCCCCCCCCC/C=C/CCCCCCCC(=O)OC(CCCCCCCCCCCCCCCCCCC)CC(=O)NC(CO)C(O)CCCCCCCCCCCCCCCCCCC. The van der Waals surface area contributed by atoms with Crippen molar-refractivity contribution in [3.05, 3.63) is 12.2 Å². The molecule has 3 N–H and O–H groups in total. The first-order valence-electron chi connectivity index (χ1n) is 32.4. The van der Waals surface area contributed by atoms with Crippen molar-refractivity contribution in [3.8, 4) is 0 Å². The molecule has 0 radical (unpaired) electrons. The highest BCUT2D eigenvalue weighted by Crippen LogP contribution is 2.20. The fourth-order valence-corrected chi connectivity index (χ4v) is 10.4. The minimum atomic E-state index is -0.785. The highest BCUT2D eigenvalue weighted by atomic mass is 16.5. The van der Waals surface area contributed by atoms with Gasteiger partial charge in [-0.3, -0.25) is 9.59 Å². The Hall–Kier alpha value is -1.40. The zero-order chi connectivity index (χ0) is 51.6. The van der Waals surface area contributed by atoms with Crippen molar-refractivity contribution >= 4 is 11.9 Å². The third kappa shape index (κ3) is 54.7. The van der Waals surface area contributed by atoms with Gasteiger partial charge in [0.05, 0.1) is 25.2 Å². The lowest BCUT2D eigenvalue weighted by atomic mass is 10.0. The Morgan fingerprint density at radius 2 is 0.676 bits per heavy atom. The third-order valence-corrected chi connectivity index (χ3v) is 15.3. The normalized spacial score (nSPS) is 13.0. The molecule has 0 heterocycles. The summed E-state index contributed by atoms with van der Waals surface area (Å²) in [5.74, 6) is -0.454. The summed E-state index contributed by atoms with van der Waals surface area (Å²) in [5.41, 5.74) is 0. The lowest BCUT2D eigenvalue weighted by molar-refractivity contribution is -0.151. The monoisotopic (exact) mass is 1000 g/mol. The van der Waals surface area contributed by atoms with Crippen LogP contribution in [-0.4, -0.2) is 46.9 Å². The Labute approximate surface area is 444 Å². The number of carbonyl (C=O) groups excluding carboxylic acids is 2. The lowest BCUT2D eigenvalue weighted by Crippen LogP contribution is -2.46. The number of ether oxygens (including phenoxy) is 1. The molecule has 0 rings (SSSR count). The largest absolute Gasteiger partial charge is 0.462 e. The quantitative estimate of drug-likeness (QED) is 0.0320. The molecule has 0 aliphatic heterocycles. The van der Waals surface area contributed by atoms with Crippen molar-refractivity contribution in [2.45, 2.75) is 386 Å². The third-order valence-electron chi connectivity index (χ3n) is 15.3. The number of allylic oxidation sites excluding steroid dienone is 2. The molecule has 422 valence electrons. The topological polar surface area (TPSA) is 95.9 Å². The van der Waals surface area contributed by atoms with E-state index in [2.05, 4.69) is 38.2 Å².